The van der Waals surface area contributed by atoms with Gasteiger partial charge in [0.1, 0.15) is 5.82 Å². The fourth-order valence-electron chi connectivity index (χ4n) is 5.72. The van der Waals surface area contributed by atoms with Crippen molar-refractivity contribution < 1.29 is 9.53 Å². The monoisotopic (exact) mass is 535 g/mol. The Balaban J connectivity index is 1.20. The Bertz CT molecular complexity index is 1470. The number of aromatic nitrogens is 2. The first-order chi connectivity index (χ1) is 19.6. The number of imidazole rings is 1. The number of ether oxygens (including phenoxy) is 1. The van der Waals surface area contributed by atoms with Crippen LogP contribution in [0.3, 0.4) is 0 Å². The molecule has 0 saturated carbocycles. The van der Waals surface area contributed by atoms with Crippen molar-refractivity contribution in [1.29, 1.82) is 5.26 Å². The molecule has 2 N–H and O–H groups in total. The van der Waals surface area contributed by atoms with Crippen LogP contribution < -0.4 is 5.73 Å². The first-order valence-electron chi connectivity index (χ1n) is 14.1. The quantitative estimate of drug-likeness (QED) is 0.279. The van der Waals surface area contributed by atoms with Crippen LogP contribution >= 0.6 is 0 Å². The van der Waals surface area contributed by atoms with Crippen LogP contribution in [0.1, 0.15) is 48.6 Å². The van der Waals surface area contributed by atoms with Gasteiger partial charge in [0.2, 0.25) is 5.91 Å². The Morgan fingerprint density at radius 2 is 1.82 bits per heavy atom. The highest BCUT2D eigenvalue weighted by Crippen LogP contribution is 2.30. The molecule has 1 saturated heterocycles. The van der Waals surface area contributed by atoms with Crippen LogP contribution in [0.5, 0.6) is 0 Å². The Morgan fingerprint density at radius 1 is 1.10 bits per heavy atom. The van der Waals surface area contributed by atoms with Gasteiger partial charge in [-0.25, -0.2) is 4.98 Å². The molecule has 7 nitrogen and oxygen atoms in total. The molecular weight excluding hydrogens is 498 g/mol. The lowest BCUT2D eigenvalue weighted by atomic mass is 9.95. The number of nitriles is 1. The second kappa shape index (κ2) is 12.9. The summed E-state index contributed by atoms with van der Waals surface area (Å²) in [4.78, 5) is 20.3. The molecule has 0 spiro atoms. The number of hydrogen-bond acceptors (Lipinski definition) is 5. The zero-order valence-electron chi connectivity index (χ0n) is 23.1. The fourth-order valence-corrected chi connectivity index (χ4v) is 5.72. The number of fused-ring (bicyclic) bond motifs is 1. The molecule has 1 amide bonds. The van der Waals surface area contributed by atoms with Gasteiger partial charge in [0.15, 0.2) is 0 Å². The third-order valence-corrected chi connectivity index (χ3v) is 7.79. The minimum atomic E-state index is -0.243. The molecule has 5 rings (SSSR count). The summed E-state index contributed by atoms with van der Waals surface area (Å²) in [5.74, 6) is 1.40. The average molecular weight is 536 g/mol. The third-order valence-electron chi connectivity index (χ3n) is 7.79. The summed E-state index contributed by atoms with van der Waals surface area (Å²) in [6.07, 6.45) is 3.88. The zero-order valence-corrected chi connectivity index (χ0v) is 23.1. The van der Waals surface area contributed by atoms with E-state index in [0.717, 1.165) is 65.9 Å². The molecule has 0 bridgehead atoms. The zero-order chi connectivity index (χ0) is 27.9. The highest BCUT2D eigenvalue weighted by atomic mass is 16.5. The summed E-state index contributed by atoms with van der Waals surface area (Å²) >= 11 is 0. The fraction of sp³-hybridized carbons (Fsp3) is 0.364. The lowest BCUT2D eigenvalue weighted by Gasteiger charge is -2.33. The highest BCUT2D eigenvalue weighted by Gasteiger charge is 2.29. The highest BCUT2D eigenvalue weighted by molar-refractivity contribution is 5.78. The molecule has 206 valence electrons. The van der Waals surface area contributed by atoms with Crippen LogP contribution in [-0.4, -0.2) is 53.2 Å². The van der Waals surface area contributed by atoms with E-state index >= 15 is 0 Å². The smallest absolute Gasteiger partial charge is 0.224 e. The number of nitrogens with zero attached hydrogens (tertiary/aromatic N) is 4. The topological polar surface area (TPSA) is 97.2 Å². The maximum Gasteiger partial charge on any atom is 0.224 e. The number of hydrogen-bond donors (Lipinski definition) is 1. The summed E-state index contributed by atoms with van der Waals surface area (Å²) in [6.45, 7) is 3.00. The van der Waals surface area contributed by atoms with Gasteiger partial charge in [-0.05, 0) is 66.6 Å². The summed E-state index contributed by atoms with van der Waals surface area (Å²) in [5.41, 5.74) is 12.5. The van der Waals surface area contributed by atoms with E-state index in [1.54, 1.807) is 7.11 Å². The van der Waals surface area contributed by atoms with E-state index in [2.05, 4.69) is 53.1 Å². The molecule has 3 aromatic carbocycles. The molecule has 0 radical (unpaired) electrons. The van der Waals surface area contributed by atoms with Gasteiger partial charge in [-0.3, -0.25) is 4.79 Å². The van der Waals surface area contributed by atoms with E-state index < -0.39 is 0 Å². The van der Waals surface area contributed by atoms with Crippen molar-refractivity contribution in [3.05, 3.63) is 89.7 Å². The molecule has 2 heterocycles. The normalized spacial score (nSPS) is 16.1. The van der Waals surface area contributed by atoms with E-state index in [9.17, 15) is 4.79 Å². The molecule has 4 aromatic rings. The Hall–Kier alpha value is -3.99. The van der Waals surface area contributed by atoms with E-state index in [1.165, 1.54) is 0 Å². The van der Waals surface area contributed by atoms with Crippen LogP contribution in [0.4, 0.5) is 0 Å². The molecule has 2 atom stereocenters. The SMILES string of the molecule is COCCCn1c([C@@H]2CCCN(C(=O)C[C@H](N)Cc3ccc(-c4ccc(C#N)cc4)cc3)C2)nc2ccccc21. The van der Waals surface area contributed by atoms with Gasteiger partial charge in [-0.1, -0.05) is 48.5 Å². The number of carbonyl (C=O) groups excluding carboxylic acids is 1. The van der Waals surface area contributed by atoms with Gasteiger partial charge < -0.3 is 19.9 Å². The van der Waals surface area contributed by atoms with E-state index in [1.807, 2.05) is 35.2 Å². The first-order valence-corrected chi connectivity index (χ1v) is 14.1. The van der Waals surface area contributed by atoms with Crippen molar-refractivity contribution in [2.75, 3.05) is 26.8 Å². The Kier molecular flexibility index (Phi) is 8.90. The van der Waals surface area contributed by atoms with Crippen LogP contribution in [-0.2, 0) is 22.5 Å². The minimum Gasteiger partial charge on any atom is -0.385 e. The van der Waals surface area contributed by atoms with Crippen LogP contribution in [0, 0.1) is 11.3 Å². The number of benzene rings is 3. The number of piperidine rings is 1. The number of rotatable bonds is 10. The number of methoxy groups -OCH3 is 1. The van der Waals surface area contributed by atoms with Crippen molar-refractivity contribution in [1.82, 2.24) is 14.5 Å². The van der Waals surface area contributed by atoms with E-state index in [-0.39, 0.29) is 17.9 Å². The van der Waals surface area contributed by atoms with Crippen molar-refractivity contribution in [2.45, 2.75) is 50.6 Å². The van der Waals surface area contributed by atoms with Crippen molar-refractivity contribution >= 4 is 16.9 Å². The van der Waals surface area contributed by atoms with E-state index in [4.69, 9.17) is 20.7 Å². The number of carbonyl (C=O) groups is 1. The molecule has 0 unspecified atom stereocenters. The molecule has 1 aliphatic heterocycles. The van der Waals surface area contributed by atoms with Crippen molar-refractivity contribution in [3.63, 3.8) is 0 Å². The number of para-hydroxylation sites is 2. The van der Waals surface area contributed by atoms with Gasteiger partial charge >= 0.3 is 0 Å². The molecule has 1 fully saturated rings. The predicted molar refractivity (Wildman–Crippen MR) is 158 cm³/mol. The minimum absolute atomic E-state index is 0.119. The van der Waals surface area contributed by atoms with E-state index in [0.29, 0.717) is 31.6 Å². The number of amides is 1. The Labute approximate surface area is 236 Å². The standard InChI is InChI=1S/C33H37N5O2/c1-40-19-5-18-38-31-8-3-2-7-30(31)36-33(38)28-6-4-17-37(23-28)32(39)21-29(35)20-24-9-13-26(14-10-24)27-15-11-25(22-34)12-16-27/h2-3,7-16,28-29H,4-6,17-21,23,35H2,1H3/t28-,29-/m1/s1. The lowest BCUT2D eigenvalue weighted by Crippen LogP contribution is -2.42. The first kappa shape index (κ1) is 27.6. The van der Waals surface area contributed by atoms with Gasteiger partial charge in [0.05, 0.1) is 22.7 Å². The van der Waals surface area contributed by atoms with Crippen LogP contribution in [0.15, 0.2) is 72.8 Å². The molecular formula is C33H37N5O2. The molecule has 7 heteroatoms. The average Bonchev–Trinajstić information content (AvgIpc) is 3.36. The third kappa shape index (κ3) is 6.41. The maximum absolute atomic E-state index is 13.3. The summed E-state index contributed by atoms with van der Waals surface area (Å²) in [5, 5.41) is 9.01. The number of likely N-dealkylation sites (tertiary alicyclic amines) is 1. The number of nitrogens with two attached hydrogens (primary N) is 1. The van der Waals surface area contributed by atoms with Gasteiger partial charge in [0.25, 0.3) is 0 Å². The van der Waals surface area contributed by atoms with Gasteiger partial charge in [-0.15, -0.1) is 0 Å². The van der Waals surface area contributed by atoms with Crippen LogP contribution in [0.25, 0.3) is 22.2 Å². The van der Waals surface area contributed by atoms with Crippen molar-refractivity contribution in [3.8, 4) is 17.2 Å². The molecule has 0 aliphatic carbocycles. The lowest BCUT2D eigenvalue weighted by molar-refractivity contribution is -0.132. The largest absolute Gasteiger partial charge is 0.385 e. The van der Waals surface area contributed by atoms with Crippen molar-refractivity contribution in [2.24, 2.45) is 5.73 Å². The summed E-state index contributed by atoms with van der Waals surface area (Å²) < 4.78 is 7.61. The van der Waals surface area contributed by atoms with Crippen LogP contribution in [0.2, 0.25) is 0 Å². The Morgan fingerprint density at radius 3 is 2.55 bits per heavy atom. The maximum atomic E-state index is 13.3. The second-order valence-electron chi connectivity index (χ2n) is 10.7. The molecule has 1 aliphatic rings. The second-order valence-corrected chi connectivity index (χ2v) is 10.7. The summed E-state index contributed by atoms with van der Waals surface area (Å²) in [6, 6.07) is 26.0. The predicted octanol–water partition coefficient (Wildman–Crippen LogP) is 5.28. The summed E-state index contributed by atoms with van der Waals surface area (Å²) in [7, 11) is 1.73. The van der Waals surface area contributed by atoms with Gasteiger partial charge in [0, 0.05) is 51.7 Å². The number of aryl methyl sites for hydroxylation is 1. The van der Waals surface area contributed by atoms with Gasteiger partial charge in [-0.2, -0.15) is 5.26 Å². The molecule has 1 aromatic heterocycles. The molecule has 40 heavy (non-hydrogen) atoms.